The average molecular weight is 421 g/mol. The van der Waals surface area contributed by atoms with Crippen molar-refractivity contribution in [1.29, 1.82) is 0 Å². The van der Waals surface area contributed by atoms with E-state index in [2.05, 4.69) is 5.32 Å². The Morgan fingerprint density at radius 3 is 2.57 bits per heavy atom. The van der Waals surface area contributed by atoms with Gasteiger partial charge in [-0.2, -0.15) is 21.6 Å². The molecule has 1 saturated heterocycles. The number of amides is 1. The Labute approximate surface area is 157 Å². The minimum Gasteiger partial charge on any atom is -0.506 e. The van der Waals surface area contributed by atoms with Crippen LogP contribution in [0.25, 0.3) is 10.8 Å². The summed E-state index contributed by atoms with van der Waals surface area (Å²) in [7, 11) is -4.33. The van der Waals surface area contributed by atoms with Gasteiger partial charge in [0.15, 0.2) is 5.82 Å². The molecule has 0 bridgehead atoms. The lowest BCUT2D eigenvalue weighted by atomic mass is 10.1. The molecule has 2 aromatic rings. The highest BCUT2D eigenvalue weighted by Crippen LogP contribution is 2.39. The van der Waals surface area contributed by atoms with Gasteiger partial charge in [-0.3, -0.25) is 4.79 Å². The Morgan fingerprint density at radius 2 is 1.96 bits per heavy atom. The van der Waals surface area contributed by atoms with E-state index in [0.29, 0.717) is 9.99 Å². The first kappa shape index (κ1) is 20.0. The summed E-state index contributed by atoms with van der Waals surface area (Å²) in [4.78, 5) is 11.4. The number of nitrogens with one attached hydrogen (secondary N) is 2. The quantitative estimate of drug-likeness (QED) is 0.509. The number of nitrogens with zero attached hydrogens (tertiary/aromatic N) is 1. The molecule has 0 atom stereocenters. The lowest BCUT2D eigenvalue weighted by molar-refractivity contribution is -0.134. The number of alkyl halides is 3. The number of hydrogen-bond donors (Lipinski definition) is 3. The summed E-state index contributed by atoms with van der Waals surface area (Å²) >= 11 is 0. The van der Waals surface area contributed by atoms with Gasteiger partial charge in [-0.15, -0.1) is 0 Å². The second kappa shape index (κ2) is 7.00. The fraction of sp³-hybridized carbons (Fsp3) is 0.312. The minimum atomic E-state index is -4.33. The first-order valence-electron chi connectivity index (χ1n) is 8.07. The van der Waals surface area contributed by atoms with E-state index < -0.39 is 52.5 Å². The van der Waals surface area contributed by atoms with Crippen LogP contribution in [-0.4, -0.2) is 38.7 Å². The van der Waals surface area contributed by atoms with Gasteiger partial charge in [0.05, 0.1) is 0 Å². The van der Waals surface area contributed by atoms with Gasteiger partial charge in [0.2, 0.25) is 0 Å². The van der Waals surface area contributed by atoms with Gasteiger partial charge in [-0.05, 0) is 30.0 Å². The van der Waals surface area contributed by atoms with E-state index in [0.717, 1.165) is 6.07 Å². The van der Waals surface area contributed by atoms with Crippen molar-refractivity contribution in [3.8, 4) is 5.75 Å². The molecule has 28 heavy (non-hydrogen) atoms. The molecule has 12 heteroatoms. The molecule has 1 aliphatic rings. The van der Waals surface area contributed by atoms with Crippen LogP contribution in [0.4, 0.5) is 28.9 Å². The van der Waals surface area contributed by atoms with E-state index in [9.17, 15) is 35.9 Å². The minimum absolute atomic E-state index is 0.00347. The van der Waals surface area contributed by atoms with Crippen LogP contribution in [0.5, 0.6) is 5.75 Å². The van der Waals surface area contributed by atoms with E-state index in [1.54, 1.807) is 4.72 Å². The summed E-state index contributed by atoms with van der Waals surface area (Å²) in [5.41, 5.74) is -0.358. The van der Waals surface area contributed by atoms with E-state index in [1.807, 2.05) is 0 Å². The van der Waals surface area contributed by atoms with Crippen LogP contribution in [0.3, 0.4) is 0 Å². The maximum absolute atomic E-state index is 15.0. The van der Waals surface area contributed by atoms with Gasteiger partial charge >= 0.3 is 16.4 Å². The fourth-order valence-electron chi connectivity index (χ4n) is 2.84. The van der Waals surface area contributed by atoms with Gasteiger partial charge in [-0.25, -0.2) is 13.4 Å². The highest BCUT2D eigenvalue weighted by Gasteiger charge is 2.37. The number of phenols is 1. The maximum Gasteiger partial charge on any atom is 0.389 e. The summed E-state index contributed by atoms with van der Waals surface area (Å²) in [5.74, 6) is -2.62. The number of phenolic OH excluding ortho intramolecular Hbond substituents is 1. The van der Waals surface area contributed by atoms with E-state index in [4.69, 9.17) is 0 Å². The molecule has 0 radical (unpaired) electrons. The molecule has 7 nitrogen and oxygen atoms in total. The molecular formula is C16H15F4N3O4S. The van der Waals surface area contributed by atoms with Crippen molar-refractivity contribution in [2.24, 2.45) is 0 Å². The Bertz CT molecular complexity index is 1040. The fourth-order valence-corrected chi connectivity index (χ4v) is 4.01. The Morgan fingerprint density at radius 1 is 1.25 bits per heavy atom. The Hall–Kier alpha value is -2.76. The van der Waals surface area contributed by atoms with E-state index in [1.165, 1.54) is 18.2 Å². The lowest BCUT2D eigenvalue weighted by Gasteiger charge is -2.18. The van der Waals surface area contributed by atoms with Crippen molar-refractivity contribution in [2.45, 2.75) is 19.0 Å². The van der Waals surface area contributed by atoms with E-state index >= 15 is 0 Å². The van der Waals surface area contributed by atoms with Crippen molar-refractivity contribution in [3.05, 3.63) is 30.1 Å². The lowest BCUT2D eigenvalue weighted by Crippen LogP contribution is -2.30. The van der Waals surface area contributed by atoms with Gasteiger partial charge in [0.25, 0.3) is 5.91 Å². The Kier molecular flexibility index (Phi) is 5.00. The molecule has 3 N–H and O–H groups in total. The van der Waals surface area contributed by atoms with E-state index in [-0.39, 0.29) is 23.7 Å². The maximum atomic E-state index is 15.0. The van der Waals surface area contributed by atoms with Crippen LogP contribution in [0.2, 0.25) is 0 Å². The molecule has 1 aliphatic heterocycles. The second-order valence-corrected chi connectivity index (χ2v) is 7.77. The number of benzene rings is 2. The number of carbonyl (C=O) groups is 1. The largest absolute Gasteiger partial charge is 0.506 e. The van der Waals surface area contributed by atoms with Crippen molar-refractivity contribution in [2.75, 3.05) is 22.7 Å². The van der Waals surface area contributed by atoms with Crippen LogP contribution < -0.4 is 14.3 Å². The summed E-state index contributed by atoms with van der Waals surface area (Å²) in [5, 5.41) is 13.0. The number of rotatable bonds is 5. The number of aromatic hydroxyl groups is 1. The zero-order valence-corrected chi connectivity index (χ0v) is 15.0. The average Bonchev–Trinajstić information content (AvgIpc) is 2.83. The first-order chi connectivity index (χ1) is 13.0. The van der Waals surface area contributed by atoms with Crippen molar-refractivity contribution in [1.82, 2.24) is 4.72 Å². The van der Waals surface area contributed by atoms with Gasteiger partial charge in [-0.1, -0.05) is 6.07 Å². The smallest absolute Gasteiger partial charge is 0.389 e. The number of hydrogen-bond acceptors (Lipinski definition) is 5. The van der Waals surface area contributed by atoms with Crippen LogP contribution >= 0.6 is 0 Å². The number of anilines is 2. The number of halogens is 4. The first-order valence-corrected chi connectivity index (χ1v) is 9.51. The third-order valence-electron chi connectivity index (χ3n) is 4.07. The molecule has 152 valence electrons. The third kappa shape index (κ3) is 4.06. The molecule has 1 heterocycles. The van der Waals surface area contributed by atoms with Crippen molar-refractivity contribution in [3.63, 3.8) is 0 Å². The highest BCUT2D eigenvalue weighted by molar-refractivity contribution is 7.92. The SMILES string of the molecule is O=C1CN(c2c(O)cc3ccc(NCCCC(F)(F)F)cc3c2F)S(=O)(=O)N1. The monoisotopic (exact) mass is 421 g/mol. The van der Waals surface area contributed by atoms with Gasteiger partial charge in [0, 0.05) is 24.0 Å². The third-order valence-corrected chi connectivity index (χ3v) is 5.45. The topological polar surface area (TPSA) is 98.7 Å². The van der Waals surface area contributed by atoms with Gasteiger partial charge < -0.3 is 10.4 Å². The van der Waals surface area contributed by atoms with Crippen LogP contribution in [-0.2, 0) is 15.0 Å². The Balaban J connectivity index is 1.92. The second-order valence-electron chi connectivity index (χ2n) is 6.18. The molecule has 0 saturated carbocycles. The summed E-state index contributed by atoms with van der Waals surface area (Å²) < 4.78 is 77.5. The molecule has 1 amide bonds. The molecule has 0 aromatic heterocycles. The van der Waals surface area contributed by atoms with Crippen molar-refractivity contribution < 1.29 is 35.9 Å². The van der Waals surface area contributed by atoms with Crippen LogP contribution in [0.15, 0.2) is 24.3 Å². The number of fused-ring (bicyclic) bond motifs is 1. The predicted octanol–water partition coefficient (Wildman–Crippen LogP) is 2.62. The standard InChI is InChI=1S/C16H15F4N3O4S/c17-14-11-7-10(21-5-1-4-16(18,19)20)3-2-9(11)6-12(24)15(14)23-8-13(25)22-28(23,26)27/h2-3,6-7,21,24H,1,4-5,8H2,(H,22,25). The summed E-state index contributed by atoms with van der Waals surface area (Å²) in [6.07, 6.45) is -5.41. The molecule has 1 fully saturated rings. The molecule has 0 unspecified atom stereocenters. The van der Waals surface area contributed by atoms with Crippen LogP contribution in [0, 0.1) is 5.82 Å². The van der Waals surface area contributed by atoms with Crippen LogP contribution in [0.1, 0.15) is 12.8 Å². The molecule has 0 spiro atoms. The predicted molar refractivity (Wildman–Crippen MR) is 93.8 cm³/mol. The zero-order chi connectivity index (χ0) is 20.7. The molecule has 2 aromatic carbocycles. The number of carbonyl (C=O) groups excluding carboxylic acids is 1. The van der Waals surface area contributed by atoms with Crippen molar-refractivity contribution >= 4 is 38.3 Å². The summed E-state index contributed by atoms with van der Waals surface area (Å²) in [6.45, 7) is -0.690. The molecule has 3 rings (SSSR count). The highest BCUT2D eigenvalue weighted by atomic mass is 32.2. The normalized spacial score (nSPS) is 16.4. The zero-order valence-electron chi connectivity index (χ0n) is 14.2. The van der Waals surface area contributed by atoms with Gasteiger partial charge in [0.1, 0.15) is 18.0 Å². The molecule has 0 aliphatic carbocycles. The molecular weight excluding hydrogens is 406 g/mol. The summed E-state index contributed by atoms with van der Waals surface area (Å²) in [6, 6.07) is 5.35.